The van der Waals surface area contributed by atoms with Crippen LogP contribution in [0.25, 0.3) is 33.4 Å². The molecule has 13 heteroatoms. The fraction of sp³-hybridized carbons (Fsp3) is 0.351. The number of likely N-dealkylation sites (tertiary alicyclic amines) is 2. The van der Waals surface area contributed by atoms with Crippen LogP contribution in [-0.2, 0) is 13.1 Å². The van der Waals surface area contributed by atoms with Gasteiger partial charge in [-0.05, 0) is 54.7 Å². The minimum atomic E-state index is -2.87. The van der Waals surface area contributed by atoms with E-state index in [1.165, 1.54) is 0 Å². The van der Waals surface area contributed by atoms with Gasteiger partial charge in [0.15, 0.2) is 11.6 Å². The molecular weight excluding hydrogens is 664 g/mol. The number of alkyl halides is 2. The zero-order chi connectivity index (χ0) is 34.9. The molecule has 0 spiro atoms. The Labute approximate surface area is 293 Å². The highest BCUT2D eigenvalue weighted by Gasteiger charge is 2.24. The lowest BCUT2D eigenvalue weighted by Crippen LogP contribution is -2.22. The highest BCUT2D eigenvalue weighted by molar-refractivity contribution is 6.36. The Hall–Kier alpha value is -4.33. The molecule has 0 bridgehead atoms. The van der Waals surface area contributed by atoms with Gasteiger partial charge in [-0.3, -0.25) is 14.8 Å². The molecule has 260 valence electrons. The Balaban J connectivity index is 1.19. The SMILES string of the molecule is COc1nc(-c2cccc(-c3cccc(Nc4nc(C(F)F)nc5cc(CN6CC[C@@H](O)C6)cnc45)c3C)c2Cl)ccc1CN1CC[C@H](O)C1. The molecule has 5 heterocycles. The number of benzene rings is 2. The summed E-state index contributed by atoms with van der Waals surface area (Å²) in [7, 11) is 1.59. The molecule has 5 aromatic rings. The number of hydrogen-bond donors (Lipinski definition) is 3. The first-order chi connectivity index (χ1) is 24.2. The lowest BCUT2D eigenvalue weighted by molar-refractivity contribution is 0.141. The maximum absolute atomic E-state index is 14.0. The molecule has 0 unspecified atom stereocenters. The second kappa shape index (κ2) is 14.5. The molecule has 2 aliphatic heterocycles. The van der Waals surface area contributed by atoms with E-state index < -0.39 is 12.2 Å². The molecule has 10 nitrogen and oxygen atoms in total. The van der Waals surface area contributed by atoms with E-state index in [1.54, 1.807) is 19.4 Å². The van der Waals surface area contributed by atoms with E-state index in [0.717, 1.165) is 52.9 Å². The fourth-order valence-corrected chi connectivity index (χ4v) is 7.13. The van der Waals surface area contributed by atoms with Crippen LogP contribution in [0.3, 0.4) is 0 Å². The van der Waals surface area contributed by atoms with Crippen molar-refractivity contribution >= 4 is 34.1 Å². The molecule has 2 atom stereocenters. The van der Waals surface area contributed by atoms with Crippen LogP contribution in [0.2, 0.25) is 5.02 Å². The van der Waals surface area contributed by atoms with Crippen molar-refractivity contribution in [1.29, 1.82) is 0 Å². The molecule has 50 heavy (non-hydrogen) atoms. The van der Waals surface area contributed by atoms with Gasteiger partial charge in [0, 0.05) is 67.8 Å². The first kappa shape index (κ1) is 34.1. The molecule has 3 N–H and O–H groups in total. The predicted octanol–water partition coefficient (Wildman–Crippen LogP) is 6.54. The first-order valence-electron chi connectivity index (χ1n) is 16.6. The molecule has 7 rings (SSSR count). The summed E-state index contributed by atoms with van der Waals surface area (Å²) in [5.74, 6) is 0.0870. The zero-order valence-corrected chi connectivity index (χ0v) is 28.5. The first-order valence-corrected chi connectivity index (χ1v) is 17.0. The van der Waals surface area contributed by atoms with Gasteiger partial charge in [0.05, 0.1) is 35.6 Å². The van der Waals surface area contributed by atoms with Crippen molar-refractivity contribution in [2.24, 2.45) is 0 Å². The van der Waals surface area contributed by atoms with Crippen molar-refractivity contribution in [3.05, 3.63) is 88.3 Å². The average molecular weight is 702 g/mol. The van der Waals surface area contributed by atoms with Crippen molar-refractivity contribution in [1.82, 2.24) is 29.7 Å². The third kappa shape index (κ3) is 7.12. The number of anilines is 2. The van der Waals surface area contributed by atoms with Crippen LogP contribution in [0.1, 0.15) is 41.8 Å². The summed E-state index contributed by atoms with van der Waals surface area (Å²) >= 11 is 7.10. The Morgan fingerprint density at radius 1 is 0.920 bits per heavy atom. The van der Waals surface area contributed by atoms with E-state index in [9.17, 15) is 19.0 Å². The fourth-order valence-electron chi connectivity index (χ4n) is 6.80. The predicted molar refractivity (Wildman–Crippen MR) is 189 cm³/mol. The number of rotatable bonds is 10. The van der Waals surface area contributed by atoms with Gasteiger partial charge in [0.25, 0.3) is 6.43 Å². The average Bonchev–Trinajstić information content (AvgIpc) is 3.72. The molecule has 0 amide bonds. The van der Waals surface area contributed by atoms with Gasteiger partial charge in [0.1, 0.15) is 5.52 Å². The number of β-amino-alcohol motifs (C(OH)–C–C–N with tert-alkyl or cyclic N) is 2. The number of hydrogen-bond acceptors (Lipinski definition) is 10. The summed E-state index contributed by atoms with van der Waals surface area (Å²) < 4.78 is 33.7. The van der Waals surface area contributed by atoms with Crippen LogP contribution in [0.15, 0.2) is 60.8 Å². The topological polar surface area (TPSA) is 120 Å². The summed E-state index contributed by atoms with van der Waals surface area (Å²) in [5.41, 5.74) is 6.91. The van der Waals surface area contributed by atoms with Gasteiger partial charge in [-0.15, -0.1) is 0 Å². The molecule has 2 fully saturated rings. The van der Waals surface area contributed by atoms with Gasteiger partial charge >= 0.3 is 0 Å². The van der Waals surface area contributed by atoms with E-state index >= 15 is 0 Å². The van der Waals surface area contributed by atoms with Crippen molar-refractivity contribution < 1.29 is 23.7 Å². The van der Waals surface area contributed by atoms with Crippen LogP contribution < -0.4 is 10.1 Å². The number of aliphatic hydroxyl groups is 2. The third-order valence-corrected chi connectivity index (χ3v) is 9.79. The Morgan fingerprint density at radius 2 is 1.62 bits per heavy atom. The maximum Gasteiger partial charge on any atom is 0.297 e. The number of aliphatic hydroxyl groups excluding tert-OH is 2. The number of aromatic nitrogens is 4. The maximum atomic E-state index is 14.0. The van der Waals surface area contributed by atoms with Gasteiger partial charge in [-0.2, -0.15) is 0 Å². The lowest BCUT2D eigenvalue weighted by Gasteiger charge is -2.18. The quantitative estimate of drug-likeness (QED) is 0.148. The minimum Gasteiger partial charge on any atom is -0.481 e. The Kier molecular flexibility index (Phi) is 9.89. The van der Waals surface area contributed by atoms with Gasteiger partial charge in [-0.1, -0.05) is 48.0 Å². The molecule has 2 aromatic carbocycles. The van der Waals surface area contributed by atoms with Crippen LogP contribution in [-0.4, -0.2) is 85.4 Å². The second-order valence-corrected chi connectivity index (χ2v) is 13.3. The summed E-state index contributed by atoms with van der Waals surface area (Å²) in [6.07, 6.45) is -0.398. The molecular formula is C37H38ClF2N7O3. The third-order valence-electron chi connectivity index (χ3n) is 9.38. The Bertz CT molecular complexity index is 2030. The lowest BCUT2D eigenvalue weighted by atomic mass is 9.96. The van der Waals surface area contributed by atoms with E-state index in [4.69, 9.17) is 21.3 Å². The molecule has 0 radical (unpaired) electrons. The van der Waals surface area contributed by atoms with Crippen molar-refractivity contribution in [3.63, 3.8) is 0 Å². The standard InChI is InChI=1S/C37H38ClF2N7O3/c1-21-26(27-6-3-7-28(32(27)38)30-10-9-23(37(44-30)50-2)18-47-14-12-25(49)20-47)5-4-8-29(21)42-35-33-31(43-36(45-35)34(39)40)15-22(16-41-33)17-46-13-11-24(48)19-46/h3-10,15-16,24-25,34,48-49H,11-14,17-20H2,1-2H3,(H,42,43,45)/t24-,25+/m1/s1. The number of nitrogens with one attached hydrogen (secondary N) is 1. The van der Waals surface area contributed by atoms with Gasteiger partial charge in [-0.25, -0.2) is 23.7 Å². The van der Waals surface area contributed by atoms with E-state index in [0.29, 0.717) is 65.9 Å². The highest BCUT2D eigenvalue weighted by Crippen LogP contribution is 2.40. The van der Waals surface area contributed by atoms with Gasteiger partial charge < -0.3 is 20.3 Å². The van der Waals surface area contributed by atoms with Gasteiger partial charge in [0.2, 0.25) is 5.88 Å². The molecule has 3 aromatic heterocycles. The summed E-state index contributed by atoms with van der Waals surface area (Å²) in [6.45, 7) is 5.84. The summed E-state index contributed by atoms with van der Waals surface area (Å²) in [6, 6.07) is 17.1. The van der Waals surface area contributed by atoms with Crippen LogP contribution in [0, 0.1) is 6.92 Å². The van der Waals surface area contributed by atoms with E-state index in [1.807, 2.05) is 55.5 Å². The largest absolute Gasteiger partial charge is 0.481 e. The number of nitrogens with zero attached hydrogens (tertiary/aromatic N) is 6. The number of ether oxygens (including phenoxy) is 1. The van der Waals surface area contributed by atoms with E-state index in [2.05, 4.69) is 30.1 Å². The Morgan fingerprint density at radius 3 is 2.32 bits per heavy atom. The van der Waals surface area contributed by atoms with Crippen molar-refractivity contribution in [3.8, 4) is 28.3 Å². The second-order valence-electron chi connectivity index (χ2n) is 12.9. The zero-order valence-electron chi connectivity index (χ0n) is 27.8. The highest BCUT2D eigenvalue weighted by atomic mass is 35.5. The number of fused-ring (bicyclic) bond motifs is 1. The molecule has 0 aliphatic carbocycles. The van der Waals surface area contributed by atoms with Crippen LogP contribution in [0.5, 0.6) is 5.88 Å². The smallest absolute Gasteiger partial charge is 0.297 e. The van der Waals surface area contributed by atoms with Crippen molar-refractivity contribution in [2.45, 2.75) is 51.5 Å². The van der Waals surface area contributed by atoms with Crippen LogP contribution in [0.4, 0.5) is 20.3 Å². The normalized spacial score (nSPS) is 18.4. The summed E-state index contributed by atoms with van der Waals surface area (Å²) in [5, 5.41) is 23.6. The number of pyridine rings is 2. The van der Waals surface area contributed by atoms with E-state index in [-0.39, 0.29) is 18.0 Å². The molecule has 0 saturated carbocycles. The number of methoxy groups -OCH3 is 1. The summed E-state index contributed by atoms with van der Waals surface area (Å²) in [4.78, 5) is 22.0. The van der Waals surface area contributed by atoms with Crippen molar-refractivity contribution in [2.75, 3.05) is 38.6 Å². The minimum absolute atomic E-state index is 0.174. The monoisotopic (exact) mass is 701 g/mol. The van der Waals surface area contributed by atoms with Crippen LogP contribution >= 0.6 is 11.6 Å². The number of halogens is 3. The molecule has 2 saturated heterocycles. The molecule has 2 aliphatic rings.